The molecule has 0 fully saturated rings. The number of hydrogen-bond acceptors (Lipinski definition) is 7. The van der Waals surface area contributed by atoms with Crippen molar-refractivity contribution in [1.29, 1.82) is 0 Å². The van der Waals surface area contributed by atoms with Crippen molar-refractivity contribution in [3.05, 3.63) is 60.3 Å². The molecular weight excluding hydrogens is 454 g/mol. The summed E-state index contributed by atoms with van der Waals surface area (Å²) in [4.78, 5) is 21.3. The summed E-state index contributed by atoms with van der Waals surface area (Å²) < 4.78 is 33.0. The monoisotopic (exact) mass is 481 g/mol. The Bertz CT molecular complexity index is 1280. The van der Waals surface area contributed by atoms with Gasteiger partial charge in [-0.15, -0.1) is 0 Å². The lowest BCUT2D eigenvalue weighted by Crippen LogP contribution is -2.25. The van der Waals surface area contributed by atoms with Gasteiger partial charge in [0.15, 0.2) is 0 Å². The molecule has 1 aliphatic rings. The van der Waals surface area contributed by atoms with Gasteiger partial charge in [0.05, 0.1) is 28.8 Å². The predicted molar refractivity (Wildman–Crippen MR) is 130 cm³/mol. The maximum atomic E-state index is 12.5. The molecule has 0 radical (unpaired) electrons. The van der Waals surface area contributed by atoms with E-state index < -0.39 is 10.0 Å². The van der Waals surface area contributed by atoms with Crippen LogP contribution in [-0.4, -0.2) is 43.5 Å². The van der Waals surface area contributed by atoms with Crippen molar-refractivity contribution in [2.24, 2.45) is 0 Å². The van der Waals surface area contributed by atoms with Gasteiger partial charge in [0, 0.05) is 36.2 Å². The summed E-state index contributed by atoms with van der Waals surface area (Å²) in [5.41, 5.74) is 3.57. The fourth-order valence-corrected chi connectivity index (χ4v) is 4.60. The first-order valence-electron chi connectivity index (χ1n) is 11.1. The molecule has 4 rings (SSSR count). The van der Waals surface area contributed by atoms with Gasteiger partial charge < -0.3 is 15.4 Å². The highest BCUT2D eigenvalue weighted by molar-refractivity contribution is 7.89. The van der Waals surface area contributed by atoms with Gasteiger partial charge in [-0.05, 0) is 50.6 Å². The molecule has 0 atom stereocenters. The Hall–Kier alpha value is -3.34. The van der Waals surface area contributed by atoms with E-state index in [1.165, 1.54) is 12.1 Å². The lowest BCUT2D eigenvalue weighted by Gasteiger charge is -2.11. The van der Waals surface area contributed by atoms with Crippen LogP contribution in [0.3, 0.4) is 0 Å². The molecule has 0 saturated carbocycles. The fourth-order valence-electron chi connectivity index (χ4n) is 3.52. The van der Waals surface area contributed by atoms with Crippen molar-refractivity contribution in [1.82, 2.24) is 14.7 Å². The number of amides is 1. The zero-order valence-corrected chi connectivity index (χ0v) is 19.9. The second kappa shape index (κ2) is 10.3. The van der Waals surface area contributed by atoms with Crippen LogP contribution in [0.5, 0.6) is 0 Å². The third kappa shape index (κ3) is 5.77. The summed E-state index contributed by atoms with van der Waals surface area (Å²) in [6.45, 7) is 4.68. The smallest absolute Gasteiger partial charge is 0.240 e. The van der Waals surface area contributed by atoms with Crippen LogP contribution in [0.4, 0.5) is 17.3 Å². The molecule has 3 aromatic rings. The highest BCUT2D eigenvalue weighted by Crippen LogP contribution is 2.32. The normalized spacial score (nSPS) is 13.1. The number of nitrogens with one attached hydrogen (secondary N) is 3. The molecule has 178 valence electrons. The van der Waals surface area contributed by atoms with E-state index in [2.05, 4.69) is 25.3 Å². The minimum Gasteiger partial charge on any atom is -0.379 e. The van der Waals surface area contributed by atoms with E-state index in [4.69, 9.17) is 4.74 Å². The van der Waals surface area contributed by atoms with E-state index in [1.54, 1.807) is 18.3 Å². The number of para-hydroxylation sites is 1. The lowest BCUT2D eigenvalue weighted by molar-refractivity contribution is -0.115. The molecule has 0 saturated heterocycles. The number of ether oxygens (including phenoxy) is 1. The summed E-state index contributed by atoms with van der Waals surface area (Å²) in [5.74, 6) is 0.232. The number of carbonyl (C=O) groups excluding carboxylic acids is 1. The molecule has 1 aliphatic heterocycles. The Kier molecular flexibility index (Phi) is 7.20. The van der Waals surface area contributed by atoms with Crippen molar-refractivity contribution >= 4 is 33.3 Å². The molecule has 1 aromatic heterocycles. The van der Waals surface area contributed by atoms with E-state index in [-0.39, 0.29) is 23.3 Å². The van der Waals surface area contributed by atoms with Gasteiger partial charge >= 0.3 is 0 Å². The topological polar surface area (TPSA) is 122 Å². The van der Waals surface area contributed by atoms with Crippen LogP contribution < -0.4 is 15.4 Å². The zero-order chi connectivity index (χ0) is 24.1. The maximum absolute atomic E-state index is 12.5. The maximum Gasteiger partial charge on any atom is 0.240 e. The minimum absolute atomic E-state index is 0.117. The summed E-state index contributed by atoms with van der Waals surface area (Å²) in [5, 5.41) is 5.99. The third-order valence-electron chi connectivity index (χ3n) is 5.16. The van der Waals surface area contributed by atoms with E-state index in [0.717, 1.165) is 11.1 Å². The molecule has 34 heavy (non-hydrogen) atoms. The van der Waals surface area contributed by atoms with Gasteiger partial charge in [0.2, 0.25) is 21.9 Å². The first-order valence-corrected chi connectivity index (χ1v) is 12.5. The van der Waals surface area contributed by atoms with E-state index in [0.29, 0.717) is 42.6 Å². The van der Waals surface area contributed by atoms with Crippen LogP contribution in [0.25, 0.3) is 11.3 Å². The number of carbonyl (C=O) groups is 1. The Labute approximate surface area is 199 Å². The van der Waals surface area contributed by atoms with Crippen LogP contribution in [-0.2, 0) is 26.0 Å². The van der Waals surface area contributed by atoms with E-state index >= 15 is 0 Å². The Morgan fingerprint density at radius 3 is 2.65 bits per heavy atom. The first-order chi connectivity index (χ1) is 16.3. The summed E-state index contributed by atoms with van der Waals surface area (Å²) in [7, 11) is -3.61. The van der Waals surface area contributed by atoms with Crippen LogP contribution in [0.1, 0.15) is 25.8 Å². The summed E-state index contributed by atoms with van der Waals surface area (Å²) in [6, 6.07) is 13.8. The SMILES string of the molecule is CC(C)OCCCNS(=O)(=O)c1ccc(Nc2ncc3c(n2)-c2ccccc2NC(=O)C3)cc1. The molecule has 0 aliphatic carbocycles. The van der Waals surface area contributed by atoms with Crippen molar-refractivity contribution in [3.63, 3.8) is 0 Å². The fraction of sp³-hybridized carbons (Fsp3) is 0.292. The highest BCUT2D eigenvalue weighted by atomic mass is 32.2. The number of hydrogen-bond donors (Lipinski definition) is 3. The molecule has 9 nitrogen and oxygen atoms in total. The number of fused-ring (bicyclic) bond motifs is 3. The minimum atomic E-state index is -3.61. The van der Waals surface area contributed by atoms with Gasteiger partial charge in [-0.1, -0.05) is 18.2 Å². The molecular formula is C24H27N5O4S. The first kappa shape index (κ1) is 23.8. The van der Waals surface area contributed by atoms with E-state index in [1.807, 2.05) is 38.1 Å². The molecule has 2 heterocycles. The van der Waals surface area contributed by atoms with Crippen LogP contribution in [0.2, 0.25) is 0 Å². The van der Waals surface area contributed by atoms with Gasteiger partial charge in [-0.3, -0.25) is 4.79 Å². The van der Waals surface area contributed by atoms with Crippen LogP contribution in [0.15, 0.2) is 59.6 Å². The molecule has 2 aromatic carbocycles. The number of anilines is 3. The number of aromatic nitrogens is 2. The van der Waals surface area contributed by atoms with Gasteiger partial charge in [0.25, 0.3) is 0 Å². The summed E-state index contributed by atoms with van der Waals surface area (Å²) in [6.07, 6.45) is 2.54. The van der Waals surface area contributed by atoms with Crippen LogP contribution >= 0.6 is 0 Å². The second-order valence-corrected chi connectivity index (χ2v) is 9.93. The average molecular weight is 482 g/mol. The van der Waals surface area contributed by atoms with Crippen molar-refractivity contribution in [2.45, 2.75) is 37.7 Å². The molecule has 3 N–H and O–H groups in total. The Morgan fingerprint density at radius 2 is 1.88 bits per heavy atom. The standard InChI is InChI=1S/C24H27N5O4S/c1-16(2)33-13-5-12-26-34(31,32)19-10-8-18(9-11-19)27-24-25-15-17-14-22(30)28-21-7-4-3-6-20(21)23(17)29-24/h3-4,6-11,15-16,26H,5,12-14H2,1-2H3,(H,28,30)(H,25,27,29). The molecule has 0 bridgehead atoms. The van der Waals surface area contributed by atoms with Gasteiger partial charge in [0.1, 0.15) is 0 Å². The van der Waals surface area contributed by atoms with Gasteiger partial charge in [-0.25, -0.2) is 23.1 Å². The summed E-state index contributed by atoms with van der Waals surface area (Å²) >= 11 is 0. The Morgan fingerprint density at radius 1 is 1.12 bits per heavy atom. The lowest BCUT2D eigenvalue weighted by atomic mass is 10.1. The quantitative estimate of drug-likeness (QED) is 0.400. The number of nitrogens with zero attached hydrogens (tertiary/aromatic N) is 2. The second-order valence-electron chi connectivity index (χ2n) is 8.16. The molecule has 10 heteroatoms. The molecule has 0 unspecified atom stereocenters. The third-order valence-corrected chi connectivity index (χ3v) is 6.63. The van der Waals surface area contributed by atoms with Gasteiger partial charge in [-0.2, -0.15) is 0 Å². The number of benzene rings is 2. The largest absolute Gasteiger partial charge is 0.379 e. The average Bonchev–Trinajstić information content (AvgIpc) is 2.94. The van der Waals surface area contributed by atoms with Crippen molar-refractivity contribution < 1.29 is 17.9 Å². The Balaban J connectivity index is 1.46. The van der Waals surface area contributed by atoms with Crippen molar-refractivity contribution in [3.8, 4) is 11.3 Å². The molecule has 0 spiro atoms. The molecule has 1 amide bonds. The van der Waals surface area contributed by atoms with E-state index in [9.17, 15) is 13.2 Å². The zero-order valence-electron chi connectivity index (χ0n) is 19.0. The predicted octanol–water partition coefficient (Wildman–Crippen LogP) is 3.48. The number of rotatable bonds is 9. The number of sulfonamides is 1. The van der Waals surface area contributed by atoms with Crippen molar-refractivity contribution in [2.75, 3.05) is 23.8 Å². The highest BCUT2D eigenvalue weighted by Gasteiger charge is 2.20. The van der Waals surface area contributed by atoms with Crippen LogP contribution in [0, 0.1) is 0 Å².